The van der Waals surface area contributed by atoms with Crippen molar-refractivity contribution < 1.29 is 9.53 Å². The largest absolute Gasteiger partial charge is 0.495 e. The number of nitrogens with one attached hydrogen (secondary N) is 1. The molecule has 2 heterocycles. The lowest BCUT2D eigenvalue weighted by atomic mass is 9.58. The SMILES string of the molecule is BC(B)(Nc1c2c(nc3ccc(C#N)cc13)CN(CC)C2=O)c1ccc(OC)c(Cl)c1. The zero-order valence-corrected chi connectivity index (χ0v) is 18.7. The molecule has 9 heteroatoms. The van der Waals surface area contributed by atoms with Gasteiger partial charge in [0.1, 0.15) is 21.4 Å². The molecule has 1 N–H and O–H groups in total. The third-order valence-corrected chi connectivity index (χ3v) is 6.02. The molecular weight excluding hydrogens is 409 g/mol. The van der Waals surface area contributed by atoms with Gasteiger partial charge in [0.15, 0.2) is 0 Å². The molecule has 0 unspecified atom stereocenters. The first kappa shape index (κ1) is 21.1. The summed E-state index contributed by atoms with van der Waals surface area (Å²) in [7, 11) is 5.62. The van der Waals surface area contributed by atoms with Crippen molar-refractivity contribution in [2.45, 2.75) is 18.8 Å². The van der Waals surface area contributed by atoms with Crippen LogP contribution in [-0.2, 0) is 11.9 Å². The average Bonchev–Trinajstić information content (AvgIpc) is 3.08. The van der Waals surface area contributed by atoms with E-state index in [1.54, 1.807) is 24.1 Å². The molecule has 154 valence electrons. The number of fused-ring (bicyclic) bond motifs is 2. The average molecular weight is 431 g/mol. The van der Waals surface area contributed by atoms with Gasteiger partial charge in [0, 0.05) is 11.9 Å². The molecule has 6 nitrogen and oxygen atoms in total. The molecule has 0 atom stereocenters. The minimum atomic E-state index is -0.569. The van der Waals surface area contributed by atoms with Gasteiger partial charge in [-0.05, 0) is 48.2 Å². The van der Waals surface area contributed by atoms with Crippen LogP contribution in [0, 0.1) is 11.3 Å². The summed E-state index contributed by atoms with van der Waals surface area (Å²) in [6.07, 6.45) is 0. The Hall–Kier alpha value is -3.17. The van der Waals surface area contributed by atoms with Gasteiger partial charge in [-0.25, -0.2) is 4.98 Å². The summed E-state index contributed by atoms with van der Waals surface area (Å²) in [5.41, 5.74) is 4.20. The second kappa shape index (κ2) is 7.82. The second-order valence-corrected chi connectivity index (χ2v) is 8.48. The Morgan fingerprint density at radius 3 is 2.74 bits per heavy atom. The van der Waals surface area contributed by atoms with E-state index in [2.05, 4.69) is 11.4 Å². The lowest BCUT2D eigenvalue weighted by Gasteiger charge is -2.31. The summed E-state index contributed by atoms with van der Waals surface area (Å²) in [4.78, 5) is 19.6. The number of halogens is 1. The van der Waals surface area contributed by atoms with E-state index < -0.39 is 5.34 Å². The van der Waals surface area contributed by atoms with E-state index in [4.69, 9.17) is 21.3 Å². The summed E-state index contributed by atoms with van der Waals surface area (Å²) < 4.78 is 5.27. The highest BCUT2D eigenvalue weighted by atomic mass is 35.5. The normalized spacial score (nSPS) is 13.2. The second-order valence-electron chi connectivity index (χ2n) is 8.07. The van der Waals surface area contributed by atoms with Crippen LogP contribution in [0.2, 0.25) is 5.02 Å². The first-order valence-corrected chi connectivity index (χ1v) is 10.4. The minimum absolute atomic E-state index is 0.0553. The number of aromatic nitrogens is 1. The molecule has 0 spiro atoms. The van der Waals surface area contributed by atoms with Gasteiger partial charge in [0.25, 0.3) is 5.91 Å². The van der Waals surface area contributed by atoms with Crippen LogP contribution in [0.4, 0.5) is 5.69 Å². The molecule has 1 amide bonds. The van der Waals surface area contributed by atoms with Gasteiger partial charge in [-0.15, -0.1) is 0 Å². The summed E-state index contributed by atoms with van der Waals surface area (Å²) in [6.45, 7) is 3.03. The van der Waals surface area contributed by atoms with Crippen LogP contribution >= 0.6 is 11.6 Å². The summed E-state index contributed by atoms with van der Waals surface area (Å²) in [6, 6.07) is 13.2. The molecule has 4 rings (SSSR count). The number of pyridine rings is 1. The summed E-state index contributed by atoms with van der Waals surface area (Å²) >= 11 is 6.37. The van der Waals surface area contributed by atoms with Gasteiger partial charge < -0.3 is 15.0 Å². The summed E-state index contributed by atoms with van der Waals surface area (Å²) in [5, 5.41) is 13.7. The number of carbonyl (C=O) groups excluding carboxylic acids is 1. The van der Waals surface area contributed by atoms with Gasteiger partial charge >= 0.3 is 0 Å². The van der Waals surface area contributed by atoms with Gasteiger partial charge in [-0.3, -0.25) is 4.79 Å². The molecular formula is C22H21B2ClN4O2. The standard InChI is InChI=1S/C22H21B2ClN4O2/c1-3-29-11-17-19(21(29)30)20(14-8-12(10-26)4-6-16(14)27-17)28-22(23,24)13-5-7-18(31-2)15(25)9-13/h4-9H,3,11,23-24H2,1-2H3,(H,27,28). The maximum atomic E-state index is 13.2. The third kappa shape index (κ3) is 3.60. The van der Waals surface area contributed by atoms with Crippen molar-refractivity contribution >= 4 is 49.8 Å². The van der Waals surface area contributed by atoms with Crippen LogP contribution < -0.4 is 10.1 Å². The van der Waals surface area contributed by atoms with E-state index in [0.717, 1.165) is 22.2 Å². The number of hydrogen-bond acceptors (Lipinski definition) is 5. The smallest absolute Gasteiger partial charge is 0.258 e. The first-order valence-electron chi connectivity index (χ1n) is 10.1. The molecule has 31 heavy (non-hydrogen) atoms. The highest BCUT2D eigenvalue weighted by Crippen LogP contribution is 2.38. The maximum Gasteiger partial charge on any atom is 0.258 e. The van der Waals surface area contributed by atoms with E-state index >= 15 is 0 Å². The number of anilines is 1. The lowest BCUT2D eigenvalue weighted by Crippen LogP contribution is -2.37. The zero-order chi connectivity index (χ0) is 22.3. The zero-order valence-electron chi connectivity index (χ0n) is 17.9. The number of nitrogens with zero attached hydrogens (tertiary/aromatic N) is 3. The van der Waals surface area contributed by atoms with Gasteiger partial charge in [-0.2, -0.15) is 5.26 Å². The molecule has 0 fully saturated rings. The monoisotopic (exact) mass is 430 g/mol. The number of carbonyl (C=O) groups is 1. The predicted molar refractivity (Wildman–Crippen MR) is 127 cm³/mol. The maximum absolute atomic E-state index is 13.2. The van der Waals surface area contributed by atoms with Gasteiger partial charge in [0.2, 0.25) is 0 Å². The van der Waals surface area contributed by atoms with Crippen LogP contribution in [0.1, 0.15) is 34.1 Å². The highest BCUT2D eigenvalue weighted by molar-refractivity contribution is 6.42. The van der Waals surface area contributed by atoms with E-state index in [1.807, 2.05) is 46.9 Å². The Morgan fingerprint density at radius 1 is 1.32 bits per heavy atom. The fourth-order valence-electron chi connectivity index (χ4n) is 3.96. The Morgan fingerprint density at radius 2 is 2.10 bits per heavy atom. The van der Waals surface area contributed by atoms with Crippen LogP contribution in [0.5, 0.6) is 5.75 Å². The molecule has 1 aliphatic heterocycles. The molecule has 0 bridgehead atoms. The number of methoxy groups -OCH3 is 1. The minimum Gasteiger partial charge on any atom is -0.495 e. The van der Waals surface area contributed by atoms with Crippen molar-refractivity contribution in [3.05, 3.63) is 63.8 Å². The van der Waals surface area contributed by atoms with Crippen molar-refractivity contribution in [1.29, 1.82) is 5.26 Å². The van der Waals surface area contributed by atoms with Crippen molar-refractivity contribution in [2.24, 2.45) is 0 Å². The Bertz CT molecular complexity index is 1260. The molecule has 1 aromatic heterocycles. The Kier molecular flexibility index (Phi) is 5.32. The molecule has 2 aromatic carbocycles. The topological polar surface area (TPSA) is 78.3 Å². The number of hydrogen-bond donors (Lipinski definition) is 1. The molecule has 0 saturated carbocycles. The quantitative estimate of drug-likeness (QED) is 0.628. The number of ether oxygens (including phenoxy) is 1. The molecule has 0 radical (unpaired) electrons. The van der Waals surface area contributed by atoms with E-state index in [9.17, 15) is 10.1 Å². The number of nitriles is 1. The van der Waals surface area contributed by atoms with E-state index in [-0.39, 0.29) is 5.91 Å². The molecule has 1 aliphatic rings. The van der Waals surface area contributed by atoms with E-state index in [0.29, 0.717) is 40.7 Å². The Labute approximate surface area is 188 Å². The van der Waals surface area contributed by atoms with Crippen molar-refractivity contribution in [2.75, 3.05) is 19.0 Å². The molecule has 0 aliphatic carbocycles. The van der Waals surface area contributed by atoms with Crippen LogP contribution in [0.3, 0.4) is 0 Å². The number of benzene rings is 2. The summed E-state index contributed by atoms with van der Waals surface area (Å²) in [5.74, 6) is 0.546. The van der Waals surface area contributed by atoms with Gasteiger partial charge in [-0.1, -0.05) is 17.7 Å². The van der Waals surface area contributed by atoms with Crippen LogP contribution in [0.25, 0.3) is 10.9 Å². The highest BCUT2D eigenvalue weighted by Gasteiger charge is 2.34. The third-order valence-electron chi connectivity index (χ3n) is 5.72. The molecule has 3 aromatic rings. The van der Waals surface area contributed by atoms with Crippen molar-refractivity contribution in [3.63, 3.8) is 0 Å². The van der Waals surface area contributed by atoms with E-state index in [1.165, 1.54) is 0 Å². The van der Waals surface area contributed by atoms with Gasteiger partial charge in [0.05, 0.1) is 52.8 Å². The van der Waals surface area contributed by atoms with Crippen LogP contribution in [-0.4, -0.2) is 45.1 Å². The Balaban J connectivity index is 1.90. The fraction of sp³-hybridized carbons (Fsp3) is 0.227. The lowest BCUT2D eigenvalue weighted by molar-refractivity contribution is 0.0787. The number of amides is 1. The molecule has 0 saturated heterocycles. The predicted octanol–water partition coefficient (Wildman–Crippen LogP) is 2.23. The van der Waals surface area contributed by atoms with Crippen molar-refractivity contribution in [1.82, 2.24) is 9.88 Å². The fourth-order valence-corrected chi connectivity index (χ4v) is 4.22. The van der Waals surface area contributed by atoms with Crippen molar-refractivity contribution in [3.8, 4) is 11.8 Å². The number of rotatable bonds is 5. The van der Waals surface area contributed by atoms with Crippen LogP contribution in [0.15, 0.2) is 36.4 Å². The first-order chi connectivity index (χ1) is 14.8.